The van der Waals surface area contributed by atoms with Crippen molar-refractivity contribution in [3.63, 3.8) is 0 Å². The van der Waals surface area contributed by atoms with Crippen LogP contribution in [0.3, 0.4) is 0 Å². The lowest BCUT2D eigenvalue weighted by Crippen LogP contribution is -2.53. The Hall–Kier alpha value is -2.78. The summed E-state index contributed by atoms with van der Waals surface area (Å²) in [5.41, 5.74) is 2.38. The van der Waals surface area contributed by atoms with E-state index in [9.17, 15) is 18.0 Å². The first kappa shape index (κ1) is 30.8. The molecule has 0 aliphatic heterocycles. The van der Waals surface area contributed by atoms with E-state index in [4.69, 9.17) is 34.8 Å². The Morgan fingerprint density at radius 2 is 1.62 bits per heavy atom. The number of benzene rings is 3. The van der Waals surface area contributed by atoms with Gasteiger partial charge in [-0.15, -0.1) is 0 Å². The van der Waals surface area contributed by atoms with Crippen molar-refractivity contribution < 1.29 is 18.0 Å². The normalized spacial score (nSPS) is 12.1. The second kappa shape index (κ2) is 13.5. The predicted molar refractivity (Wildman–Crippen MR) is 158 cm³/mol. The molecule has 11 heteroatoms. The van der Waals surface area contributed by atoms with Crippen LogP contribution < -0.4 is 9.62 Å². The summed E-state index contributed by atoms with van der Waals surface area (Å²) in [7, 11) is -3.88. The maximum absolute atomic E-state index is 14.0. The van der Waals surface area contributed by atoms with E-state index in [0.29, 0.717) is 38.4 Å². The highest BCUT2D eigenvalue weighted by molar-refractivity contribution is 7.92. The fraction of sp³-hybridized carbons (Fsp3) is 0.286. The Balaban J connectivity index is 2.07. The first-order valence-electron chi connectivity index (χ1n) is 12.2. The summed E-state index contributed by atoms with van der Waals surface area (Å²) < 4.78 is 26.8. The van der Waals surface area contributed by atoms with Crippen LogP contribution in [0.1, 0.15) is 23.6 Å². The molecule has 1 atom stereocenters. The highest BCUT2D eigenvalue weighted by atomic mass is 35.5. The molecule has 0 fully saturated rings. The number of halogens is 3. The van der Waals surface area contributed by atoms with Crippen LogP contribution in [0.4, 0.5) is 5.69 Å². The number of rotatable bonds is 11. The number of likely N-dealkylation sites (N-methyl/N-ethyl adjacent to an activating group) is 1. The van der Waals surface area contributed by atoms with Gasteiger partial charge in [0.1, 0.15) is 12.6 Å². The summed E-state index contributed by atoms with van der Waals surface area (Å²) in [6, 6.07) is 18.1. The molecule has 39 heavy (non-hydrogen) atoms. The van der Waals surface area contributed by atoms with Crippen molar-refractivity contribution in [1.82, 2.24) is 10.2 Å². The van der Waals surface area contributed by atoms with E-state index in [1.165, 1.54) is 4.90 Å². The molecule has 2 amide bonds. The maximum Gasteiger partial charge on any atom is 0.244 e. The van der Waals surface area contributed by atoms with Crippen LogP contribution in [0.2, 0.25) is 15.1 Å². The molecule has 3 rings (SSSR count). The van der Waals surface area contributed by atoms with Crippen LogP contribution in [0.25, 0.3) is 0 Å². The van der Waals surface area contributed by atoms with Crippen molar-refractivity contribution in [2.45, 2.75) is 32.9 Å². The summed E-state index contributed by atoms with van der Waals surface area (Å²) >= 11 is 18.4. The molecule has 0 saturated carbocycles. The molecule has 0 unspecified atom stereocenters. The van der Waals surface area contributed by atoms with E-state index < -0.39 is 28.5 Å². The Kier molecular flexibility index (Phi) is 10.7. The molecule has 0 aliphatic rings. The van der Waals surface area contributed by atoms with Crippen LogP contribution >= 0.6 is 34.8 Å². The highest BCUT2D eigenvalue weighted by Crippen LogP contribution is 2.27. The Bertz CT molecular complexity index is 1440. The molecule has 3 aromatic rings. The summed E-state index contributed by atoms with van der Waals surface area (Å²) in [5.74, 6) is -0.920. The Morgan fingerprint density at radius 3 is 2.21 bits per heavy atom. The molecule has 0 saturated heterocycles. The lowest BCUT2D eigenvalue weighted by molar-refractivity contribution is -0.140. The lowest BCUT2D eigenvalue weighted by Gasteiger charge is -2.33. The van der Waals surface area contributed by atoms with Gasteiger partial charge in [-0.1, -0.05) is 71.2 Å². The number of nitrogens with one attached hydrogen (secondary N) is 1. The average Bonchev–Trinajstić information content (AvgIpc) is 2.87. The minimum atomic E-state index is -3.88. The van der Waals surface area contributed by atoms with E-state index in [1.807, 2.05) is 30.3 Å². The van der Waals surface area contributed by atoms with Crippen molar-refractivity contribution in [3.05, 3.63) is 98.5 Å². The maximum atomic E-state index is 14.0. The van der Waals surface area contributed by atoms with Gasteiger partial charge in [-0.05, 0) is 60.9 Å². The van der Waals surface area contributed by atoms with Gasteiger partial charge in [-0.3, -0.25) is 13.9 Å². The van der Waals surface area contributed by atoms with E-state index in [1.54, 1.807) is 50.2 Å². The van der Waals surface area contributed by atoms with E-state index in [0.717, 1.165) is 16.1 Å². The topological polar surface area (TPSA) is 86.8 Å². The summed E-state index contributed by atoms with van der Waals surface area (Å²) in [6.07, 6.45) is 1.25. The van der Waals surface area contributed by atoms with E-state index in [2.05, 4.69) is 5.32 Å². The van der Waals surface area contributed by atoms with E-state index >= 15 is 0 Å². The molecule has 0 aliphatic carbocycles. The number of carbonyl (C=O) groups is 2. The molecule has 0 bridgehead atoms. The zero-order valence-corrected chi connectivity index (χ0v) is 24.9. The fourth-order valence-electron chi connectivity index (χ4n) is 4.17. The molecule has 3 aromatic carbocycles. The molecule has 0 radical (unpaired) electrons. The number of sulfonamides is 1. The minimum absolute atomic E-state index is 0.00155. The number of hydrogen-bond donors (Lipinski definition) is 1. The SMILES string of the molecule is CCNC(=O)[C@H](Cc1ccccc1)N(Cc1ccc(Cl)c(Cl)c1)C(=O)CN(c1ccc(Cl)cc1C)S(C)(=O)=O. The number of anilines is 1. The monoisotopic (exact) mass is 609 g/mol. The third-order valence-corrected chi connectivity index (χ3v) is 8.17. The second-order valence-corrected chi connectivity index (χ2v) is 12.2. The smallest absolute Gasteiger partial charge is 0.244 e. The van der Waals surface area contributed by atoms with Crippen LogP contribution in [0.15, 0.2) is 66.7 Å². The molecule has 7 nitrogen and oxygen atoms in total. The minimum Gasteiger partial charge on any atom is -0.355 e. The average molecular weight is 611 g/mol. The van der Waals surface area contributed by atoms with Gasteiger partial charge in [0.25, 0.3) is 0 Å². The van der Waals surface area contributed by atoms with Gasteiger partial charge in [-0.2, -0.15) is 0 Å². The van der Waals surface area contributed by atoms with Crippen LogP contribution in [0, 0.1) is 6.92 Å². The van der Waals surface area contributed by atoms with Gasteiger partial charge in [0.05, 0.1) is 22.0 Å². The van der Waals surface area contributed by atoms with E-state index in [-0.39, 0.29) is 18.9 Å². The van der Waals surface area contributed by atoms with Crippen LogP contribution in [-0.4, -0.2) is 50.5 Å². The predicted octanol–water partition coefficient (Wildman–Crippen LogP) is 5.50. The Morgan fingerprint density at radius 1 is 0.923 bits per heavy atom. The van der Waals surface area contributed by atoms with Crippen molar-refractivity contribution in [2.24, 2.45) is 0 Å². The number of nitrogens with zero attached hydrogens (tertiary/aromatic N) is 2. The second-order valence-electron chi connectivity index (χ2n) is 9.07. The molecular formula is C28H30Cl3N3O4S. The first-order chi connectivity index (χ1) is 18.4. The third-order valence-electron chi connectivity index (χ3n) is 6.07. The zero-order chi connectivity index (χ0) is 28.7. The fourth-order valence-corrected chi connectivity index (χ4v) is 5.63. The van der Waals surface area contributed by atoms with Gasteiger partial charge in [0.2, 0.25) is 21.8 Å². The number of hydrogen-bond acceptors (Lipinski definition) is 4. The number of aryl methyl sites for hydroxylation is 1. The zero-order valence-electron chi connectivity index (χ0n) is 21.8. The van der Waals surface area contributed by atoms with Crippen LogP contribution in [0.5, 0.6) is 0 Å². The van der Waals surface area contributed by atoms with Crippen molar-refractivity contribution >= 4 is 62.3 Å². The summed E-state index contributed by atoms with van der Waals surface area (Å²) in [4.78, 5) is 28.7. The standard InChI is InChI=1S/C28H30Cl3N3O4S/c1-4-32-28(36)26(16-20-8-6-5-7-9-20)33(17-21-10-12-23(30)24(31)15-21)27(35)18-34(39(3,37)38)25-13-11-22(29)14-19(25)2/h5-15,26H,4,16-18H2,1-3H3,(H,32,36)/t26-/m0/s1. The van der Waals surface area contributed by atoms with Gasteiger partial charge in [-0.25, -0.2) is 8.42 Å². The summed E-state index contributed by atoms with van der Waals surface area (Å²) in [6.45, 7) is 3.34. The Labute approximate surface area is 244 Å². The largest absolute Gasteiger partial charge is 0.355 e. The molecule has 0 spiro atoms. The molecule has 0 heterocycles. The van der Waals surface area contributed by atoms with Crippen molar-refractivity contribution in [3.8, 4) is 0 Å². The number of amides is 2. The number of carbonyl (C=O) groups excluding carboxylic acids is 2. The molecular weight excluding hydrogens is 581 g/mol. The van der Waals surface area contributed by atoms with Crippen molar-refractivity contribution in [2.75, 3.05) is 23.7 Å². The van der Waals surface area contributed by atoms with Gasteiger partial charge < -0.3 is 10.2 Å². The van der Waals surface area contributed by atoms with Crippen LogP contribution in [-0.2, 0) is 32.6 Å². The molecule has 208 valence electrons. The van der Waals surface area contributed by atoms with Gasteiger partial charge >= 0.3 is 0 Å². The lowest BCUT2D eigenvalue weighted by atomic mass is 10.0. The first-order valence-corrected chi connectivity index (χ1v) is 15.2. The van der Waals surface area contributed by atoms with Gasteiger partial charge in [0, 0.05) is 24.5 Å². The third kappa shape index (κ3) is 8.35. The molecule has 1 N–H and O–H groups in total. The molecule has 0 aromatic heterocycles. The van der Waals surface area contributed by atoms with Crippen molar-refractivity contribution in [1.29, 1.82) is 0 Å². The quantitative estimate of drug-likeness (QED) is 0.311. The van der Waals surface area contributed by atoms with Gasteiger partial charge in [0.15, 0.2) is 0 Å². The highest BCUT2D eigenvalue weighted by Gasteiger charge is 2.33. The summed E-state index contributed by atoms with van der Waals surface area (Å²) in [5, 5.41) is 3.90.